The second kappa shape index (κ2) is 29.0. The zero-order chi connectivity index (χ0) is 31.2. The first-order valence-corrected chi connectivity index (χ1v) is 18.0. The van der Waals surface area contributed by atoms with Crippen molar-refractivity contribution in [1.82, 2.24) is 5.32 Å². The Morgan fingerprint density at radius 3 is 1.88 bits per heavy atom. The predicted molar refractivity (Wildman–Crippen MR) is 183 cm³/mol. The number of rotatable bonds is 30. The molecule has 5 nitrogen and oxygen atoms in total. The van der Waals surface area contributed by atoms with Gasteiger partial charge >= 0.3 is 0 Å². The van der Waals surface area contributed by atoms with Crippen molar-refractivity contribution >= 4 is 5.91 Å². The van der Waals surface area contributed by atoms with Crippen molar-refractivity contribution in [3.63, 3.8) is 0 Å². The van der Waals surface area contributed by atoms with E-state index in [1.807, 2.05) is 6.08 Å². The molecule has 1 fully saturated rings. The van der Waals surface area contributed by atoms with Crippen LogP contribution in [0, 0.1) is 0 Å². The van der Waals surface area contributed by atoms with Crippen molar-refractivity contribution in [3.05, 3.63) is 48.6 Å². The first-order valence-electron chi connectivity index (χ1n) is 18.0. The molecular weight excluding hydrogens is 534 g/mol. The fourth-order valence-electron chi connectivity index (χ4n) is 5.32. The standard InChI is InChI=1S/C38H67NO4/c1-3-5-7-9-11-13-15-17-18-20-22-24-26-29-35(41)34(33-40)39-38(42)32-28-31-37-36(43-37)30-27-25-23-21-19-16-14-12-10-8-6-4-2/h12,14,19,21,25-27,29,34-37,40-41H,3-11,13,15-18,20,22-24,28,30-33H2,1-2H3,(H,39,42)/b14-12-,21-19-,27-25-,29-26+/t34-,35+,36?,37?/m0/s1. The van der Waals surface area contributed by atoms with Crippen LogP contribution in [0.4, 0.5) is 0 Å². The van der Waals surface area contributed by atoms with Gasteiger partial charge in [0.15, 0.2) is 0 Å². The van der Waals surface area contributed by atoms with Crippen LogP contribution in [0.5, 0.6) is 0 Å². The number of carbonyl (C=O) groups excluding carboxylic acids is 1. The number of carbonyl (C=O) groups is 1. The second-order valence-corrected chi connectivity index (χ2v) is 12.3. The minimum Gasteiger partial charge on any atom is -0.394 e. The van der Waals surface area contributed by atoms with Gasteiger partial charge in [0.1, 0.15) is 0 Å². The summed E-state index contributed by atoms with van der Waals surface area (Å²) in [6.07, 6.45) is 42.1. The van der Waals surface area contributed by atoms with E-state index in [-0.39, 0.29) is 24.7 Å². The van der Waals surface area contributed by atoms with Gasteiger partial charge in [0.2, 0.25) is 5.91 Å². The summed E-state index contributed by atoms with van der Waals surface area (Å²) in [5, 5.41) is 22.9. The van der Waals surface area contributed by atoms with Gasteiger partial charge in [0, 0.05) is 6.42 Å². The third kappa shape index (κ3) is 24.3. The fraction of sp³-hybridized carbons (Fsp3) is 0.763. The summed E-state index contributed by atoms with van der Waals surface area (Å²) in [4.78, 5) is 12.4. The van der Waals surface area contributed by atoms with Crippen LogP contribution in [0.15, 0.2) is 48.6 Å². The first kappa shape index (κ1) is 39.3. The third-order valence-electron chi connectivity index (χ3n) is 8.23. The average Bonchev–Trinajstić information content (AvgIpc) is 3.76. The van der Waals surface area contributed by atoms with E-state index < -0.39 is 12.1 Å². The third-order valence-corrected chi connectivity index (χ3v) is 8.23. The molecule has 1 heterocycles. The van der Waals surface area contributed by atoms with E-state index in [4.69, 9.17) is 4.74 Å². The van der Waals surface area contributed by atoms with Gasteiger partial charge in [0.25, 0.3) is 0 Å². The lowest BCUT2D eigenvalue weighted by atomic mass is 10.0. The van der Waals surface area contributed by atoms with Gasteiger partial charge < -0.3 is 20.3 Å². The van der Waals surface area contributed by atoms with Crippen LogP contribution in [0.25, 0.3) is 0 Å². The summed E-state index contributed by atoms with van der Waals surface area (Å²) in [5.74, 6) is -0.128. The Morgan fingerprint density at radius 2 is 1.23 bits per heavy atom. The molecule has 1 aliphatic rings. The number of ether oxygens (including phenoxy) is 1. The minimum absolute atomic E-state index is 0.128. The molecule has 0 saturated carbocycles. The lowest BCUT2D eigenvalue weighted by Crippen LogP contribution is -2.45. The SMILES string of the molecule is CCCCC/C=C\C/C=C\C/C=C\CC1OC1CCCC(=O)N[C@@H](CO)[C@H](O)/C=C/CCCCCCCCCCCCC. The van der Waals surface area contributed by atoms with Crippen LogP contribution in [-0.2, 0) is 9.53 Å². The topological polar surface area (TPSA) is 82.1 Å². The van der Waals surface area contributed by atoms with E-state index in [1.54, 1.807) is 6.08 Å². The lowest BCUT2D eigenvalue weighted by molar-refractivity contribution is -0.123. The second-order valence-electron chi connectivity index (χ2n) is 12.3. The van der Waals surface area contributed by atoms with E-state index in [0.29, 0.717) is 6.42 Å². The molecule has 0 aliphatic carbocycles. The van der Waals surface area contributed by atoms with Crippen molar-refractivity contribution in [2.75, 3.05) is 6.61 Å². The van der Waals surface area contributed by atoms with Crippen molar-refractivity contribution in [3.8, 4) is 0 Å². The maximum atomic E-state index is 12.4. The predicted octanol–water partition coefficient (Wildman–Crippen LogP) is 9.44. The number of aliphatic hydroxyl groups is 2. The highest BCUT2D eigenvalue weighted by molar-refractivity contribution is 5.76. The normalized spacial score (nSPS) is 18.4. The molecule has 0 spiro atoms. The van der Waals surface area contributed by atoms with Gasteiger partial charge in [-0.1, -0.05) is 140 Å². The average molecular weight is 602 g/mol. The van der Waals surface area contributed by atoms with E-state index in [0.717, 1.165) is 44.9 Å². The minimum atomic E-state index is -0.869. The molecule has 3 N–H and O–H groups in total. The van der Waals surface area contributed by atoms with Crippen molar-refractivity contribution < 1.29 is 19.7 Å². The van der Waals surface area contributed by atoms with Gasteiger partial charge in [0.05, 0.1) is 31.0 Å². The van der Waals surface area contributed by atoms with E-state index >= 15 is 0 Å². The zero-order valence-corrected chi connectivity index (χ0v) is 27.9. The number of aliphatic hydroxyl groups excluding tert-OH is 2. The van der Waals surface area contributed by atoms with E-state index in [2.05, 4.69) is 55.6 Å². The first-order chi connectivity index (χ1) is 21.1. The van der Waals surface area contributed by atoms with Crippen LogP contribution >= 0.6 is 0 Å². The summed E-state index contributed by atoms with van der Waals surface area (Å²) in [6.45, 7) is 4.22. The summed E-state index contributed by atoms with van der Waals surface area (Å²) < 4.78 is 5.75. The highest BCUT2D eigenvalue weighted by atomic mass is 16.6. The molecule has 2 unspecified atom stereocenters. The van der Waals surface area contributed by atoms with Crippen LogP contribution in [0.3, 0.4) is 0 Å². The molecule has 4 atom stereocenters. The molecule has 1 rings (SSSR count). The summed E-state index contributed by atoms with van der Waals surface area (Å²) >= 11 is 0. The number of unbranched alkanes of at least 4 members (excludes halogenated alkanes) is 14. The van der Waals surface area contributed by atoms with Crippen molar-refractivity contribution in [2.24, 2.45) is 0 Å². The molecule has 1 aliphatic heterocycles. The van der Waals surface area contributed by atoms with Gasteiger partial charge in [-0.25, -0.2) is 0 Å². The molecule has 5 heteroatoms. The Hall–Kier alpha value is -1.69. The monoisotopic (exact) mass is 602 g/mol. The fourth-order valence-corrected chi connectivity index (χ4v) is 5.32. The maximum absolute atomic E-state index is 12.4. The summed E-state index contributed by atoms with van der Waals surface area (Å²) in [7, 11) is 0. The van der Waals surface area contributed by atoms with Crippen LogP contribution < -0.4 is 5.32 Å². The van der Waals surface area contributed by atoms with Crippen molar-refractivity contribution in [2.45, 2.75) is 179 Å². The molecule has 0 radical (unpaired) electrons. The molecule has 0 aromatic carbocycles. The molecule has 0 bridgehead atoms. The highest BCUT2D eigenvalue weighted by Gasteiger charge is 2.36. The molecule has 43 heavy (non-hydrogen) atoms. The Bertz CT molecular complexity index is 759. The van der Waals surface area contributed by atoms with Gasteiger partial charge in [-0.3, -0.25) is 4.79 Å². The van der Waals surface area contributed by atoms with Crippen LogP contribution in [-0.4, -0.2) is 47.1 Å². The molecule has 0 aromatic rings. The largest absolute Gasteiger partial charge is 0.394 e. The molecule has 248 valence electrons. The maximum Gasteiger partial charge on any atom is 0.220 e. The Kier molecular flexibility index (Phi) is 26.6. The highest BCUT2D eigenvalue weighted by Crippen LogP contribution is 2.30. The number of hydrogen-bond acceptors (Lipinski definition) is 4. The van der Waals surface area contributed by atoms with E-state index in [9.17, 15) is 15.0 Å². The number of epoxide rings is 1. The summed E-state index contributed by atoms with van der Waals surface area (Å²) in [5.41, 5.74) is 0. The van der Waals surface area contributed by atoms with Gasteiger partial charge in [-0.05, 0) is 57.8 Å². The number of nitrogens with one attached hydrogen (secondary N) is 1. The zero-order valence-electron chi connectivity index (χ0n) is 27.9. The molecule has 1 saturated heterocycles. The molecular formula is C38H67NO4. The molecule has 1 amide bonds. The number of allylic oxidation sites excluding steroid dienone is 6. The Morgan fingerprint density at radius 1 is 0.698 bits per heavy atom. The van der Waals surface area contributed by atoms with Crippen LogP contribution in [0.2, 0.25) is 0 Å². The summed E-state index contributed by atoms with van der Waals surface area (Å²) in [6, 6.07) is -0.660. The van der Waals surface area contributed by atoms with Gasteiger partial charge in [-0.2, -0.15) is 0 Å². The van der Waals surface area contributed by atoms with Crippen molar-refractivity contribution in [1.29, 1.82) is 0 Å². The smallest absolute Gasteiger partial charge is 0.220 e. The Balaban J connectivity index is 2.02. The van der Waals surface area contributed by atoms with Crippen LogP contribution in [0.1, 0.15) is 155 Å². The number of amides is 1. The number of hydrogen-bond donors (Lipinski definition) is 3. The van der Waals surface area contributed by atoms with Gasteiger partial charge in [-0.15, -0.1) is 0 Å². The quantitative estimate of drug-likeness (QED) is 0.0435. The molecule has 0 aromatic heterocycles. The lowest BCUT2D eigenvalue weighted by Gasteiger charge is -2.19. The Labute approximate surface area is 265 Å². The van der Waals surface area contributed by atoms with E-state index in [1.165, 1.54) is 89.9 Å².